The molecule has 2 unspecified atom stereocenters. The van der Waals surface area contributed by atoms with E-state index in [1.165, 1.54) is 0 Å². The molecule has 6 heteroatoms. The van der Waals surface area contributed by atoms with Crippen LogP contribution in [0, 0.1) is 5.92 Å². The highest BCUT2D eigenvalue weighted by Gasteiger charge is 2.43. The predicted molar refractivity (Wildman–Crippen MR) is 109 cm³/mol. The molecule has 0 aliphatic carbocycles. The summed E-state index contributed by atoms with van der Waals surface area (Å²) in [7, 11) is 0. The van der Waals surface area contributed by atoms with Gasteiger partial charge in [-0.1, -0.05) is 55.8 Å². The summed E-state index contributed by atoms with van der Waals surface area (Å²) in [5, 5.41) is 0.319. The molecular weight excluding hydrogens is 382 g/mol. The molecule has 1 fully saturated rings. The second-order valence-electron chi connectivity index (χ2n) is 6.86. The normalized spacial score (nSPS) is 19.3. The van der Waals surface area contributed by atoms with Crippen LogP contribution in [0.2, 0.25) is 5.02 Å². The van der Waals surface area contributed by atoms with Crippen LogP contribution < -0.4 is 0 Å². The summed E-state index contributed by atoms with van der Waals surface area (Å²) in [5.74, 6) is 0.194. The molecule has 3 rings (SSSR count). The lowest BCUT2D eigenvalue weighted by Crippen LogP contribution is -2.44. The minimum absolute atomic E-state index is 0.183. The van der Waals surface area contributed by atoms with Crippen LogP contribution in [0.3, 0.4) is 0 Å². The fraction of sp³-hybridized carbons (Fsp3) is 0.333. The maximum absolute atomic E-state index is 13.2. The second kappa shape index (κ2) is 8.81. The van der Waals surface area contributed by atoms with E-state index in [2.05, 4.69) is 0 Å². The summed E-state index contributed by atoms with van der Waals surface area (Å²) in [6.07, 6.45) is 0. The molecular formula is C21H22ClNO3S. The molecule has 0 aromatic heterocycles. The second-order valence-corrected chi connectivity index (χ2v) is 8.41. The van der Waals surface area contributed by atoms with Gasteiger partial charge >= 0.3 is 5.97 Å². The third-order valence-corrected chi connectivity index (χ3v) is 5.78. The lowest BCUT2D eigenvalue weighted by atomic mass is 10.1. The first-order valence-corrected chi connectivity index (χ1v) is 10.3. The van der Waals surface area contributed by atoms with Gasteiger partial charge in [0.2, 0.25) is 0 Å². The van der Waals surface area contributed by atoms with Crippen molar-refractivity contribution >= 4 is 35.2 Å². The molecule has 0 spiro atoms. The van der Waals surface area contributed by atoms with Gasteiger partial charge in [-0.05, 0) is 35.7 Å². The SMILES string of the molecule is CC(C)COC(=O)C1CSC(c2cccc(Cl)c2)N1C(=O)c1ccccc1. The third-order valence-electron chi connectivity index (χ3n) is 4.22. The summed E-state index contributed by atoms with van der Waals surface area (Å²) in [6, 6.07) is 15.8. The molecule has 4 nitrogen and oxygen atoms in total. The Bertz CT molecular complexity index is 812. The Morgan fingerprint density at radius 2 is 1.93 bits per heavy atom. The highest BCUT2D eigenvalue weighted by atomic mass is 35.5. The maximum Gasteiger partial charge on any atom is 0.329 e. The molecule has 142 valence electrons. The van der Waals surface area contributed by atoms with Gasteiger partial charge in [-0.15, -0.1) is 11.8 Å². The van der Waals surface area contributed by atoms with Crippen LogP contribution in [0.5, 0.6) is 0 Å². The number of hydrogen-bond acceptors (Lipinski definition) is 4. The number of carbonyl (C=O) groups is 2. The van der Waals surface area contributed by atoms with Gasteiger partial charge in [0, 0.05) is 16.3 Å². The number of amides is 1. The summed E-state index contributed by atoms with van der Waals surface area (Å²) < 4.78 is 5.44. The van der Waals surface area contributed by atoms with E-state index in [0.29, 0.717) is 22.9 Å². The maximum atomic E-state index is 13.2. The monoisotopic (exact) mass is 403 g/mol. The topological polar surface area (TPSA) is 46.6 Å². The molecule has 2 aromatic carbocycles. The van der Waals surface area contributed by atoms with E-state index < -0.39 is 6.04 Å². The van der Waals surface area contributed by atoms with Crippen molar-refractivity contribution in [3.63, 3.8) is 0 Å². The van der Waals surface area contributed by atoms with Gasteiger partial charge < -0.3 is 9.64 Å². The number of ether oxygens (including phenoxy) is 1. The van der Waals surface area contributed by atoms with Crippen LogP contribution in [0.25, 0.3) is 0 Å². The molecule has 2 aromatic rings. The van der Waals surface area contributed by atoms with E-state index in [9.17, 15) is 9.59 Å². The number of thioether (sulfide) groups is 1. The summed E-state index contributed by atoms with van der Waals surface area (Å²) in [5.41, 5.74) is 1.45. The van der Waals surface area contributed by atoms with Gasteiger partial charge in [-0.3, -0.25) is 4.79 Å². The molecule has 0 saturated carbocycles. The number of hydrogen-bond donors (Lipinski definition) is 0. The minimum atomic E-state index is -0.620. The predicted octanol–water partition coefficient (Wildman–Crippen LogP) is 4.80. The lowest BCUT2D eigenvalue weighted by Gasteiger charge is -2.29. The molecule has 1 heterocycles. The summed E-state index contributed by atoms with van der Waals surface area (Å²) in [4.78, 5) is 27.6. The minimum Gasteiger partial charge on any atom is -0.464 e. The molecule has 27 heavy (non-hydrogen) atoms. The summed E-state index contributed by atoms with van der Waals surface area (Å²) >= 11 is 7.70. The van der Waals surface area contributed by atoms with Gasteiger partial charge in [0.15, 0.2) is 0 Å². The molecule has 1 aliphatic heterocycles. The van der Waals surface area contributed by atoms with Crippen molar-refractivity contribution in [3.05, 3.63) is 70.7 Å². The van der Waals surface area contributed by atoms with Crippen molar-refractivity contribution in [1.82, 2.24) is 4.90 Å². The zero-order chi connectivity index (χ0) is 19.4. The Balaban J connectivity index is 1.92. The van der Waals surface area contributed by atoms with E-state index >= 15 is 0 Å². The Morgan fingerprint density at radius 3 is 2.59 bits per heavy atom. The first-order valence-electron chi connectivity index (χ1n) is 8.89. The lowest BCUT2D eigenvalue weighted by molar-refractivity contribution is -0.149. The molecule has 1 aliphatic rings. The van der Waals surface area contributed by atoms with Crippen molar-refractivity contribution < 1.29 is 14.3 Å². The molecule has 1 amide bonds. The van der Waals surface area contributed by atoms with E-state index in [1.807, 2.05) is 50.2 Å². The first kappa shape index (κ1) is 19.8. The molecule has 1 saturated heterocycles. The number of benzene rings is 2. The van der Waals surface area contributed by atoms with Crippen molar-refractivity contribution in [2.45, 2.75) is 25.3 Å². The highest BCUT2D eigenvalue weighted by molar-refractivity contribution is 7.99. The highest BCUT2D eigenvalue weighted by Crippen LogP contribution is 2.43. The quantitative estimate of drug-likeness (QED) is 0.673. The fourth-order valence-electron chi connectivity index (χ4n) is 2.93. The fourth-order valence-corrected chi connectivity index (χ4v) is 4.53. The largest absolute Gasteiger partial charge is 0.464 e. The van der Waals surface area contributed by atoms with Crippen LogP contribution in [0.4, 0.5) is 0 Å². The molecule has 2 atom stereocenters. The van der Waals surface area contributed by atoms with E-state index in [4.69, 9.17) is 16.3 Å². The first-order chi connectivity index (χ1) is 13.0. The van der Waals surface area contributed by atoms with Crippen LogP contribution in [-0.2, 0) is 9.53 Å². The third kappa shape index (κ3) is 4.66. The van der Waals surface area contributed by atoms with Crippen LogP contribution in [0.15, 0.2) is 54.6 Å². The number of carbonyl (C=O) groups excluding carboxylic acids is 2. The van der Waals surface area contributed by atoms with Gasteiger partial charge in [-0.25, -0.2) is 4.79 Å². The van der Waals surface area contributed by atoms with Crippen molar-refractivity contribution in [3.8, 4) is 0 Å². The van der Waals surface area contributed by atoms with E-state index in [1.54, 1.807) is 34.9 Å². The van der Waals surface area contributed by atoms with E-state index in [-0.39, 0.29) is 23.2 Å². The number of halogens is 1. The van der Waals surface area contributed by atoms with Gasteiger partial charge in [0.25, 0.3) is 5.91 Å². The van der Waals surface area contributed by atoms with Crippen LogP contribution in [0.1, 0.15) is 35.1 Å². The number of rotatable bonds is 5. The Kier molecular flexibility index (Phi) is 6.45. The zero-order valence-corrected chi connectivity index (χ0v) is 16.9. The smallest absolute Gasteiger partial charge is 0.329 e. The van der Waals surface area contributed by atoms with Crippen LogP contribution in [-0.4, -0.2) is 35.2 Å². The van der Waals surface area contributed by atoms with Gasteiger partial charge in [0.1, 0.15) is 11.4 Å². The van der Waals surface area contributed by atoms with E-state index in [0.717, 1.165) is 5.56 Å². The average molecular weight is 404 g/mol. The average Bonchev–Trinajstić information content (AvgIpc) is 3.11. The Labute approximate surface area is 168 Å². The molecule has 0 N–H and O–H groups in total. The van der Waals surface area contributed by atoms with Crippen molar-refractivity contribution in [1.29, 1.82) is 0 Å². The molecule has 0 radical (unpaired) electrons. The van der Waals surface area contributed by atoms with Gasteiger partial charge in [0.05, 0.1) is 6.61 Å². The molecule has 0 bridgehead atoms. The standard InChI is InChI=1S/C21H22ClNO3S/c1-14(2)12-26-21(25)18-13-27-20(16-9-6-10-17(22)11-16)23(18)19(24)15-7-4-3-5-8-15/h3-11,14,18,20H,12-13H2,1-2H3. The van der Waals surface area contributed by atoms with Gasteiger partial charge in [-0.2, -0.15) is 0 Å². The Morgan fingerprint density at radius 1 is 1.19 bits per heavy atom. The van der Waals surface area contributed by atoms with Crippen molar-refractivity contribution in [2.75, 3.05) is 12.4 Å². The number of esters is 1. The zero-order valence-electron chi connectivity index (χ0n) is 15.3. The number of nitrogens with zero attached hydrogens (tertiary/aromatic N) is 1. The Hall–Kier alpha value is -1.98. The van der Waals surface area contributed by atoms with Crippen LogP contribution >= 0.6 is 23.4 Å². The summed E-state index contributed by atoms with van der Waals surface area (Å²) in [6.45, 7) is 4.31. The van der Waals surface area contributed by atoms with Crippen molar-refractivity contribution in [2.24, 2.45) is 5.92 Å².